The Morgan fingerprint density at radius 3 is 2.65 bits per heavy atom. The summed E-state index contributed by atoms with van der Waals surface area (Å²) in [4.78, 5) is 0.410. The quantitative estimate of drug-likeness (QED) is 0.758. The zero-order chi connectivity index (χ0) is 14.8. The molecule has 0 aromatic heterocycles. The van der Waals surface area contributed by atoms with Crippen LogP contribution in [0.5, 0.6) is 0 Å². The van der Waals surface area contributed by atoms with Crippen LogP contribution in [-0.2, 0) is 16.6 Å². The second-order valence-electron chi connectivity index (χ2n) is 5.72. The Kier molecular flexibility index (Phi) is 4.83. The molecule has 1 aromatic carbocycles. The summed E-state index contributed by atoms with van der Waals surface area (Å²) in [7, 11) is -3.39. The van der Waals surface area contributed by atoms with Gasteiger partial charge in [0, 0.05) is 12.6 Å². The minimum Gasteiger partial charge on any atom is -0.313 e. The predicted octanol–water partition coefficient (Wildman–Crippen LogP) is 2.18. The summed E-state index contributed by atoms with van der Waals surface area (Å²) >= 11 is 0. The minimum absolute atomic E-state index is 0.112. The topological polar surface area (TPSA) is 58.2 Å². The van der Waals surface area contributed by atoms with Crippen LogP contribution in [0.4, 0.5) is 0 Å². The van der Waals surface area contributed by atoms with Gasteiger partial charge < -0.3 is 5.32 Å². The normalized spacial score (nSPS) is 21.9. The first-order valence-corrected chi connectivity index (χ1v) is 8.75. The van der Waals surface area contributed by atoms with Crippen molar-refractivity contribution in [2.24, 2.45) is 5.92 Å². The van der Waals surface area contributed by atoms with E-state index in [1.807, 2.05) is 19.1 Å². The second kappa shape index (κ2) is 6.24. The maximum atomic E-state index is 12.4. The zero-order valence-electron chi connectivity index (χ0n) is 12.4. The molecule has 20 heavy (non-hydrogen) atoms. The molecule has 0 bridgehead atoms. The fourth-order valence-electron chi connectivity index (χ4n) is 2.20. The van der Waals surface area contributed by atoms with Crippen LogP contribution >= 0.6 is 0 Å². The monoisotopic (exact) mass is 296 g/mol. The number of aryl methyl sites for hydroxylation is 1. The lowest BCUT2D eigenvalue weighted by molar-refractivity contribution is 0.577. The van der Waals surface area contributed by atoms with Gasteiger partial charge in [-0.2, -0.15) is 0 Å². The molecule has 1 aliphatic rings. The molecule has 2 rings (SSSR count). The average Bonchev–Trinajstić information content (AvgIpc) is 3.06. The summed E-state index contributed by atoms with van der Waals surface area (Å²) < 4.78 is 27.6. The van der Waals surface area contributed by atoms with Crippen molar-refractivity contribution in [3.63, 3.8) is 0 Å². The van der Waals surface area contributed by atoms with Gasteiger partial charge in [-0.1, -0.05) is 26.0 Å². The van der Waals surface area contributed by atoms with Crippen molar-refractivity contribution in [2.45, 2.75) is 51.1 Å². The molecule has 0 aliphatic heterocycles. The molecule has 112 valence electrons. The van der Waals surface area contributed by atoms with Crippen LogP contribution in [0.1, 0.15) is 37.8 Å². The first-order valence-electron chi connectivity index (χ1n) is 7.26. The maximum absolute atomic E-state index is 12.4. The van der Waals surface area contributed by atoms with Gasteiger partial charge in [-0.3, -0.25) is 0 Å². The highest BCUT2D eigenvalue weighted by molar-refractivity contribution is 7.89. The van der Waals surface area contributed by atoms with Gasteiger partial charge in [0.05, 0.1) is 4.90 Å². The van der Waals surface area contributed by atoms with E-state index in [4.69, 9.17) is 0 Å². The van der Waals surface area contributed by atoms with E-state index in [-0.39, 0.29) is 6.04 Å². The fraction of sp³-hybridized carbons (Fsp3) is 0.600. The van der Waals surface area contributed by atoms with Crippen LogP contribution in [-0.4, -0.2) is 21.0 Å². The molecule has 1 fully saturated rings. The number of rotatable bonds is 7. The molecule has 1 aliphatic carbocycles. The number of sulfonamides is 1. The lowest BCUT2D eigenvalue weighted by Crippen LogP contribution is -2.27. The first kappa shape index (κ1) is 15.5. The van der Waals surface area contributed by atoms with Crippen LogP contribution < -0.4 is 10.0 Å². The van der Waals surface area contributed by atoms with Crippen LogP contribution in [0.2, 0.25) is 0 Å². The number of benzene rings is 1. The molecular weight excluding hydrogens is 272 g/mol. The molecule has 5 heteroatoms. The smallest absolute Gasteiger partial charge is 0.241 e. The van der Waals surface area contributed by atoms with E-state index in [0.29, 0.717) is 17.4 Å². The molecule has 1 aromatic rings. The molecular formula is C15H24N2O2S. The molecule has 2 unspecified atom stereocenters. The van der Waals surface area contributed by atoms with Crippen molar-refractivity contribution in [2.75, 3.05) is 6.54 Å². The van der Waals surface area contributed by atoms with Gasteiger partial charge in [0.1, 0.15) is 0 Å². The fourth-order valence-corrected chi connectivity index (χ4v) is 3.86. The van der Waals surface area contributed by atoms with E-state index in [1.165, 1.54) is 0 Å². The van der Waals surface area contributed by atoms with E-state index < -0.39 is 10.0 Å². The SMILES string of the molecule is CCCNCc1ccc(C)c(S(=O)(=O)NC2CC2C)c1. The Labute approximate surface area is 122 Å². The van der Waals surface area contributed by atoms with Crippen LogP contribution in [0, 0.1) is 12.8 Å². The second-order valence-corrected chi connectivity index (χ2v) is 7.40. The highest BCUT2D eigenvalue weighted by Gasteiger charge is 2.36. The highest BCUT2D eigenvalue weighted by atomic mass is 32.2. The van der Waals surface area contributed by atoms with Crippen molar-refractivity contribution in [1.82, 2.24) is 10.0 Å². The van der Waals surface area contributed by atoms with Crippen LogP contribution in [0.3, 0.4) is 0 Å². The van der Waals surface area contributed by atoms with Gasteiger partial charge in [-0.15, -0.1) is 0 Å². The van der Waals surface area contributed by atoms with Crippen molar-refractivity contribution >= 4 is 10.0 Å². The van der Waals surface area contributed by atoms with Crippen molar-refractivity contribution < 1.29 is 8.42 Å². The first-order chi connectivity index (χ1) is 9.44. The summed E-state index contributed by atoms with van der Waals surface area (Å²) in [5.74, 6) is 0.458. The van der Waals surface area contributed by atoms with Gasteiger partial charge in [-0.25, -0.2) is 13.1 Å². The van der Waals surface area contributed by atoms with Gasteiger partial charge >= 0.3 is 0 Å². The number of hydrogen-bond acceptors (Lipinski definition) is 3. The largest absolute Gasteiger partial charge is 0.313 e. The molecule has 1 saturated carbocycles. The van der Waals surface area contributed by atoms with E-state index in [0.717, 1.165) is 30.5 Å². The minimum atomic E-state index is -3.39. The van der Waals surface area contributed by atoms with E-state index in [1.54, 1.807) is 6.07 Å². The maximum Gasteiger partial charge on any atom is 0.241 e. The van der Waals surface area contributed by atoms with Crippen molar-refractivity contribution in [3.8, 4) is 0 Å². The third-order valence-corrected chi connectivity index (χ3v) is 5.35. The lowest BCUT2D eigenvalue weighted by atomic mass is 10.1. The third-order valence-electron chi connectivity index (χ3n) is 3.71. The van der Waals surface area contributed by atoms with Crippen molar-refractivity contribution in [1.29, 1.82) is 0 Å². The molecule has 2 atom stereocenters. The third kappa shape index (κ3) is 3.81. The van der Waals surface area contributed by atoms with Crippen LogP contribution in [0.25, 0.3) is 0 Å². The van der Waals surface area contributed by atoms with Gasteiger partial charge in [-0.05, 0) is 49.4 Å². The Morgan fingerprint density at radius 1 is 1.35 bits per heavy atom. The van der Waals surface area contributed by atoms with Gasteiger partial charge in [0.2, 0.25) is 10.0 Å². The Bertz CT molecular complexity index is 569. The van der Waals surface area contributed by atoms with E-state index in [9.17, 15) is 8.42 Å². The van der Waals surface area contributed by atoms with Crippen molar-refractivity contribution in [3.05, 3.63) is 29.3 Å². The molecule has 0 heterocycles. The summed E-state index contributed by atoms with van der Waals surface area (Å²) in [6, 6.07) is 5.76. The summed E-state index contributed by atoms with van der Waals surface area (Å²) in [5.41, 5.74) is 1.80. The van der Waals surface area contributed by atoms with Gasteiger partial charge in [0.15, 0.2) is 0 Å². The Balaban J connectivity index is 2.14. The standard InChI is InChI=1S/C15H24N2O2S/c1-4-7-16-10-13-6-5-11(2)15(9-13)20(18,19)17-14-8-12(14)3/h5-6,9,12,14,16-17H,4,7-8,10H2,1-3H3. The molecule has 2 N–H and O–H groups in total. The van der Waals surface area contributed by atoms with Gasteiger partial charge in [0.25, 0.3) is 0 Å². The van der Waals surface area contributed by atoms with E-state index >= 15 is 0 Å². The molecule has 0 saturated heterocycles. The summed E-state index contributed by atoms with van der Waals surface area (Å²) in [5, 5.41) is 3.29. The van der Waals surface area contributed by atoms with E-state index in [2.05, 4.69) is 23.9 Å². The molecule has 0 amide bonds. The Hall–Kier alpha value is -0.910. The van der Waals surface area contributed by atoms with Crippen LogP contribution in [0.15, 0.2) is 23.1 Å². The number of hydrogen-bond donors (Lipinski definition) is 2. The number of nitrogens with one attached hydrogen (secondary N) is 2. The molecule has 4 nitrogen and oxygen atoms in total. The highest BCUT2D eigenvalue weighted by Crippen LogP contribution is 2.31. The lowest BCUT2D eigenvalue weighted by Gasteiger charge is -2.11. The average molecular weight is 296 g/mol. The zero-order valence-corrected chi connectivity index (χ0v) is 13.3. The summed E-state index contributed by atoms with van der Waals surface area (Å²) in [6.07, 6.45) is 2.01. The Morgan fingerprint density at radius 2 is 2.05 bits per heavy atom. The molecule has 0 radical (unpaired) electrons. The summed E-state index contributed by atoms with van der Waals surface area (Å²) in [6.45, 7) is 7.66. The predicted molar refractivity (Wildman–Crippen MR) is 81.1 cm³/mol. The molecule has 0 spiro atoms.